The van der Waals surface area contributed by atoms with E-state index in [4.69, 9.17) is 11.6 Å². The molecule has 23 heavy (non-hydrogen) atoms. The average molecular weight is 363 g/mol. The van der Waals surface area contributed by atoms with Gasteiger partial charge in [0.15, 0.2) is 0 Å². The van der Waals surface area contributed by atoms with Crippen molar-refractivity contribution < 1.29 is 9.72 Å². The van der Waals surface area contributed by atoms with Crippen molar-refractivity contribution in [2.45, 2.75) is 6.54 Å². The number of halogens is 2. The Morgan fingerprint density at radius 1 is 1.43 bits per heavy atom. The molecule has 1 N–H and O–H groups in total. The summed E-state index contributed by atoms with van der Waals surface area (Å²) in [5.74, 6) is 0.0945. The van der Waals surface area contributed by atoms with E-state index in [0.717, 1.165) is 31.7 Å². The normalized spacial score (nSPS) is 14.5. The molecule has 0 unspecified atom stereocenters. The minimum absolute atomic E-state index is 0. The highest BCUT2D eigenvalue weighted by Crippen LogP contribution is 2.25. The zero-order valence-electron chi connectivity index (χ0n) is 12.8. The summed E-state index contributed by atoms with van der Waals surface area (Å²) < 4.78 is 0. The summed E-state index contributed by atoms with van der Waals surface area (Å²) >= 11 is 5.89. The Kier molecular flexibility index (Phi) is 7.70. The topological polar surface area (TPSA) is 78.7 Å². The van der Waals surface area contributed by atoms with Crippen LogP contribution in [-0.2, 0) is 11.3 Å². The second-order valence-corrected chi connectivity index (χ2v) is 5.75. The van der Waals surface area contributed by atoms with Crippen molar-refractivity contribution >= 4 is 35.6 Å². The van der Waals surface area contributed by atoms with Gasteiger partial charge in [0.25, 0.3) is 5.69 Å². The fourth-order valence-electron chi connectivity index (χ4n) is 2.41. The zero-order chi connectivity index (χ0) is 16.1. The zero-order valence-corrected chi connectivity index (χ0v) is 14.4. The van der Waals surface area contributed by atoms with Gasteiger partial charge in [0.1, 0.15) is 5.02 Å². The van der Waals surface area contributed by atoms with Gasteiger partial charge in [0.2, 0.25) is 5.91 Å². The lowest BCUT2D eigenvalue weighted by Crippen LogP contribution is -2.49. The van der Waals surface area contributed by atoms with Gasteiger partial charge >= 0.3 is 0 Å². The van der Waals surface area contributed by atoms with Gasteiger partial charge in [-0.1, -0.05) is 17.7 Å². The molecule has 1 fully saturated rings. The molecule has 1 aromatic rings. The van der Waals surface area contributed by atoms with Crippen LogP contribution in [0.2, 0.25) is 5.02 Å². The summed E-state index contributed by atoms with van der Waals surface area (Å²) in [5, 5.41) is 14.1. The van der Waals surface area contributed by atoms with Crippen LogP contribution in [0.15, 0.2) is 18.2 Å². The van der Waals surface area contributed by atoms with Gasteiger partial charge in [-0.05, 0) is 18.7 Å². The van der Waals surface area contributed by atoms with Crippen molar-refractivity contribution in [3.63, 3.8) is 0 Å². The fourth-order valence-corrected chi connectivity index (χ4v) is 2.68. The van der Waals surface area contributed by atoms with Crippen molar-refractivity contribution in [1.29, 1.82) is 0 Å². The maximum Gasteiger partial charge on any atom is 0.287 e. The van der Waals surface area contributed by atoms with Crippen LogP contribution in [0.3, 0.4) is 0 Å². The maximum absolute atomic E-state index is 12.2. The number of nitro groups is 1. The second kappa shape index (κ2) is 9.02. The molecule has 0 atom stereocenters. The van der Waals surface area contributed by atoms with Crippen molar-refractivity contribution in [3.05, 3.63) is 38.9 Å². The molecule has 0 aromatic heterocycles. The lowest BCUT2D eigenvalue weighted by atomic mass is 10.2. The minimum atomic E-state index is -0.510. The first-order valence-corrected chi connectivity index (χ1v) is 7.45. The van der Waals surface area contributed by atoms with Gasteiger partial charge < -0.3 is 10.2 Å². The third-order valence-corrected chi connectivity index (χ3v) is 3.84. The molecule has 0 spiro atoms. The Morgan fingerprint density at radius 3 is 2.65 bits per heavy atom. The number of nitro benzene ring substituents is 1. The molecular weight excluding hydrogens is 343 g/mol. The number of rotatable bonds is 5. The Balaban J connectivity index is 0.00000264. The molecule has 0 bridgehead atoms. The number of piperazine rings is 1. The highest BCUT2D eigenvalue weighted by molar-refractivity contribution is 6.32. The van der Waals surface area contributed by atoms with Crippen molar-refractivity contribution in [1.82, 2.24) is 15.1 Å². The smallest absolute Gasteiger partial charge is 0.287 e. The molecule has 0 radical (unpaired) electrons. The van der Waals surface area contributed by atoms with Crippen LogP contribution in [0.1, 0.15) is 5.56 Å². The van der Waals surface area contributed by atoms with E-state index >= 15 is 0 Å². The summed E-state index contributed by atoms with van der Waals surface area (Å²) in [5.41, 5.74) is 0.733. The van der Waals surface area contributed by atoms with Gasteiger partial charge in [-0.15, -0.1) is 12.4 Å². The van der Waals surface area contributed by atoms with Gasteiger partial charge in [0.05, 0.1) is 11.5 Å². The third kappa shape index (κ3) is 5.62. The van der Waals surface area contributed by atoms with Crippen LogP contribution in [0.4, 0.5) is 5.69 Å². The number of amides is 1. The molecule has 1 aliphatic heterocycles. The third-order valence-electron chi connectivity index (χ3n) is 3.54. The molecule has 2 rings (SSSR count). The van der Waals surface area contributed by atoms with Crippen LogP contribution in [0, 0.1) is 10.1 Å². The van der Waals surface area contributed by atoms with Crippen LogP contribution < -0.4 is 5.32 Å². The molecular formula is C14H20Cl2N4O3. The first-order chi connectivity index (χ1) is 10.5. The number of carbonyl (C=O) groups is 1. The molecule has 1 aliphatic rings. The summed E-state index contributed by atoms with van der Waals surface area (Å²) in [7, 11) is 1.84. The van der Waals surface area contributed by atoms with Crippen molar-refractivity contribution in [3.8, 4) is 0 Å². The van der Waals surface area contributed by atoms with Crippen molar-refractivity contribution in [2.24, 2.45) is 0 Å². The number of benzene rings is 1. The largest absolute Gasteiger partial charge is 0.339 e. The number of likely N-dealkylation sites (N-methyl/N-ethyl adjacent to an activating group) is 1. The summed E-state index contributed by atoms with van der Waals surface area (Å²) in [6.07, 6.45) is 0. The Morgan fingerprint density at radius 2 is 2.09 bits per heavy atom. The highest BCUT2D eigenvalue weighted by Gasteiger charge is 2.18. The van der Waals surface area contributed by atoms with E-state index in [-0.39, 0.29) is 29.0 Å². The van der Waals surface area contributed by atoms with E-state index in [2.05, 4.69) is 5.32 Å². The van der Waals surface area contributed by atoms with Gasteiger partial charge in [-0.3, -0.25) is 19.8 Å². The van der Waals surface area contributed by atoms with Crippen LogP contribution in [0.5, 0.6) is 0 Å². The Hall–Kier alpha value is -1.41. The summed E-state index contributed by atoms with van der Waals surface area (Å²) in [6, 6.07) is 4.63. The first kappa shape index (κ1) is 19.6. The predicted octanol–water partition coefficient (Wildman–Crippen LogP) is 1.53. The first-order valence-electron chi connectivity index (χ1n) is 7.07. The van der Waals surface area contributed by atoms with E-state index in [9.17, 15) is 14.9 Å². The van der Waals surface area contributed by atoms with Gasteiger partial charge in [-0.25, -0.2) is 0 Å². The van der Waals surface area contributed by atoms with E-state index in [0.29, 0.717) is 13.1 Å². The SMILES string of the molecule is CN(CC(=O)N1CCNCC1)Cc1ccc([N+](=O)[O-])c(Cl)c1.Cl. The second-order valence-electron chi connectivity index (χ2n) is 5.35. The number of nitrogens with one attached hydrogen (secondary N) is 1. The Bertz CT molecular complexity index is 565. The molecule has 1 heterocycles. The van der Waals surface area contributed by atoms with Crippen LogP contribution >= 0.6 is 24.0 Å². The molecule has 0 aliphatic carbocycles. The lowest BCUT2D eigenvalue weighted by molar-refractivity contribution is -0.384. The van der Waals surface area contributed by atoms with Gasteiger partial charge in [-0.2, -0.15) is 0 Å². The van der Waals surface area contributed by atoms with Crippen LogP contribution in [-0.4, -0.2) is 60.4 Å². The molecule has 0 saturated carbocycles. The monoisotopic (exact) mass is 362 g/mol. The average Bonchev–Trinajstić information content (AvgIpc) is 2.47. The maximum atomic E-state index is 12.2. The molecule has 1 amide bonds. The predicted molar refractivity (Wildman–Crippen MR) is 91.1 cm³/mol. The van der Waals surface area contributed by atoms with E-state index in [1.54, 1.807) is 12.1 Å². The Labute approximate surface area is 146 Å². The van der Waals surface area contributed by atoms with Gasteiger partial charge in [0, 0.05) is 38.8 Å². The van der Waals surface area contributed by atoms with E-state index < -0.39 is 4.92 Å². The molecule has 1 saturated heterocycles. The number of hydrogen-bond donors (Lipinski definition) is 1. The summed E-state index contributed by atoms with van der Waals surface area (Å²) in [4.78, 5) is 26.1. The number of nitrogens with zero attached hydrogens (tertiary/aromatic N) is 3. The number of carbonyl (C=O) groups excluding carboxylic acids is 1. The molecule has 7 nitrogen and oxygen atoms in total. The van der Waals surface area contributed by atoms with E-state index in [1.807, 2.05) is 16.8 Å². The number of hydrogen-bond acceptors (Lipinski definition) is 5. The highest BCUT2D eigenvalue weighted by atomic mass is 35.5. The quantitative estimate of drug-likeness (QED) is 0.634. The molecule has 128 valence electrons. The minimum Gasteiger partial charge on any atom is -0.339 e. The summed E-state index contributed by atoms with van der Waals surface area (Å²) in [6.45, 7) is 3.94. The van der Waals surface area contributed by atoms with Crippen LogP contribution in [0.25, 0.3) is 0 Å². The molecule has 1 aromatic carbocycles. The molecule has 9 heteroatoms. The van der Waals surface area contributed by atoms with Crippen molar-refractivity contribution in [2.75, 3.05) is 39.8 Å². The standard InChI is InChI=1S/C14H19ClN4O3.ClH/c1-17(10-14(20)18-6-4-16-5-7-18)9-11-2-3-13(19(21)22)12(15)8-11;/h2-3,8,16H,4-7,9-10H2,1H3;1H. The lowest BCUT2D eigenvalue weighted by Gasteiger charge is -2.29. The fraction of sp³-hybridized carbons (Fsp3) is 0.500. The van der Waals surface area contributed by atoms with E-state index in [1.165, 1.54) is 6.07 Å².